The number of carbonyl (C=O) groups is 3. The molecule has 1 aromatic heterocycles. The van der Waals surface area contributed by atoms with Crippen LogP contribution in [0.25, 0.3) is 0 Å². The van der Waals surface area contributed by atoms with Crippen molar-refractivity contribution in [2.24, 2.45) is 0 Å². The van der Waals surface area contributed by atoms with Gasteiger partial charge in [-0.15, -0.1) is 0 Å². The molecular weight excluding hydrogens is 412 g/mol. The summed E-state index contributed by atoms with van der Waals surface area (Å²) in [6.07, 6.45) is 2.41. The highest BCUT2D eigenvalue weighted by Crippen LogP contribution is 2.04. The summed E-state index contributed by atoms with van der Waals surface area (Å²) in [5, 5.41) is 5.03. The molecule has 3 aromatic rings. The summed E-state index contributed by atoms with van der Waals surface area (Å²) in [7, 11) is 0. The van der Waals surface area contributed by atoms with Crippen LogP contribution in [0, 0.1) is 0 Å². The van der Waals surface area contributed by atoms with Crippen molar-refractivity contribution < 1.29 is 23.9 Å². The van der Waals surface area contributed by atoms with Crippen molar-refractivity contribution in [3.63, 3.8) is 0 Å². The van der Waals surface area contributed by atoms with Crippen molar-refractivity contribution >= 4 is 18.0 Å². The van der Waals surface area contributed by atoms with Gasteiger partial charge in [0.05, 0.1) is 6.33 Å². The van der Waals surface area contributed by atoms with Crippen molar-refractivity contribution in [2.45, 2.75) is 25.7 Å². The third-order valence-electron chi connectivity index (χ3n) is 4.45. The number of benzene rings is 2. The van der Waals surface area contributed by atoms with Gasteiger partial charge < -0.3 is 25.1 Å². The average Bonchev–Trinajstić information content (AvgIpc) is 3.34. The lowest BCUT2D eigenvalue weighted by Gasteiger charge is -2.17. The van der Waals surface area contributed by atoms with Gasteiger partial charge in [0.25, 0.3) is 0 Å². The Morgan fingerprint density at radius 1 is 0.906 bits per heavy atom. The highest BCUT2D eigenvalue weighted by atomic mass is 16.5. The Hall–Kier alpha value is -4.14. The van der Waals surface area contributed by atoms with Crippen LogP contribution < -0.4 is 10.6 Å². The zero-order chi connectivity index (χ0) is 22.6. The summed E-state index contributed by atoms with van der Waals surface area (Å²) in [5.41, 5.74) is 2.30. The highest BCUT2D eigenvalue weighted by molar-refractivity contribution is 5.88. The number of hydrogen-bond acceptors (Lipinski definition) is 6. The molecule has 0 fully saturated rings. The lowest BCUT2D eigenvalue weighted by Crippen LogP contribution is -2.49. The first-order valence-electron chi connectivity index (χ1n) is 10.0. The van der Waals surface area contributed by atoms with Crippen LogP contribution in [0.5, 0.6) is 0 Å². The number of amides is 2. The van der Waals surface area contributed by atoms with E-state index < -0.39 is 24.0 Å². The van der Waals surface area contributed by atoms with E-state index >= 15 is 0 Å². The van der Waals surface area contributed by atoms with Crippen LogP contribution in [-0.4, -0.2) is 40.5 Å². The number of aromatic nitrogens is 2. The molecule has 0 bridgehead atoms. The minimum atomic E-state index is -0.972. The second-order valence-electron chi connectivity index (χ2n) is 6.90. The fourth-order valence-electron chi connectivity index (χ4n) is 2.80. The van der Waals surface area contributed by atoms with Gasteiger partial charge in [0, 0.05) is 18.3 Å². The van der Waals surface area contributed by atoms with E-state index in [4.69, 9.17) is 9.47 Å². The first-order valence-corrected chi connectivity index (χ1v) is 10.0. The Balaban J connectivity index is 1.50. The second kappa shape index (κ2) is 11.9. The molecule has 9 nitrogen and oxygen atoms in total. The van der Waals surface area contributed by atoms with Crippen LogP contribution in [0.15, 0.2) is 73.2 Å². The van der Waals surface area contributed by atoms with Gasteiger partial charge in [-0.2, -0.15) is 0 Å². The predicted octanol–water partition coefficient (Wildman–Crippen LogP) is 2.11. The number of nitrogens with zero attached hydrogens (tertiary/aromatic N) is 1. The molecule has 0 radical (unpaired) electrons. The number of esters is 1. The highest BCUT2D eigenvalue weighted by Gasteiger charge is 2.23. The molecular formula is C23H24N4O5. The van der Waals surface area contributed by atoms with E-state index in [1.807, 2.05) is 60.7 Å². The van der Waals surface area contributed by atoms with E-state index in [2.05, 4.69) is 20.6 Å². The number of hydrogen-bond donors (Lipinski definition) is 3. The molecule has 0 spiro atoms. The maximum Gasteiger partial charge on any atom is 0.408 e. The van der Waals surface area contributed by atoms with Crippen molar-refractivity contribution in [2.75, 3.05) is 6.54 Å². The lowest BCUT2D eigenvalue weighted by atomic mass is 10.1. The van der Waals surface area contributed by atoms with Crippen molar-refractivity contribution in [1.29, 1.82) is 0 Å². The van der Waals surface area contributed by atoms with Gasteiger partial charge in [-0.1, -0.05) is 60.7 Å². The lowest BCUT2D eigenvalue weighted by molar-refractivity contribution is -0.145. The first-order chi connectivity index (χ1) is 15.6. The third-order valence-corrected chi connectivity index (χ3v) is 4.45. The fraction of sp³-hybridized carbons (Fsp3) is 0.217. The normalized spacial score (nSPS) is 11.2. The van der Waals surface area contributed by atoms with Gasteiger partial charge in [0.1, 0.15) is 25.8 Å². The number of alkyl carbamates (subject to hydrolysis) is 1. The minimum Gasteiger partial charge on any atom is -0.460 e. The fourth-order valence-corrected chi connectivity index (χ4v) is 2.80. The molecule has 166 valence electrons. The van der Waals surface area contributed by atoms with Crippen LogP contribution in [0.4, 0.5) is 4.79 Å². The quantitative estimate of drug-likeness (QED) is 0.419. The molecule has 0 aliphatic carbocycles. The zero-order valence-electron chi connectivity index (χ0n) is 17.3. The van der Waals surface area contributed by atoms with Crippen LogP contribution in [-0.2, 0) is 38.7 Å². The van der Waals surface area contributed by atoms with Gasteiger partial charge in [0.15, 0.2) is 0 Å². The Bertz CT molecular complexity index is 994. The predicted molar refractivity (Wildman–Crippen MR) is 115 cm³/mol. The van der Waals surface area contributed by atoms with E-state index in [9.17, 15) is 14.4 Å². The zero-order valence-corrected chi connectivity index (χ0v) is 17.3. The standard InChI is InChI=1S/C23H24N4O5/c28-21(31-14-17-7-3-1-4-8-17)13-25-22(29)20(11-19-12-24-16-26-19)27-23(30)32-15-18-9-5-2-6-10-18/h1-10,12,16,20H,11,13-15H2,(H,24,26)(H,25,29)(H,27,30)/t20-/m0/s1. The molecule has 2 aromatic carbocycles. The number of imidazole rings is 1. The van der Waals surface area contributed by atoms with E-state index in [-0.39, 0.29) is 26.2 Å². The number of carbonyl (C=O) groups excluding carboxylic acids is 3. The topological polar surface area (TPSA) is 122 Å². The average molecular weight is 436 g/mol. The minimum absolute atomic E-state index is 0.0664. The summed E-state index contributed by atoms with van der Waals surface area (Å²) in [4.78, 5) is 43.6. The largest absolute Gasteiger partial charge is 0.460 e. The van der Waals surface area contributed by atoms with Crippen molar-refractivity contribution in [3.05, 3.63) is 90.0 Å². The van der Waals surface area contributed by atoms with Gasteiger partial charge in [-0.25, -0.2) is 9.78 Å². The Morgan fingerprint density at radius 2 is 1.53 bits per heavy atom. The Labute approximate surface area is 185 Å². The molecule has 0 aliphatic heterocycles. The van der Waals surface area contributed by atoms with Crippen LogP contribution in [0.3, 0.4) is 0 Å². The van der Waals surface area contributed by atoms with E-state index in [1.165, 1.54) is 6.33 Å². The summed E-state index contributed by atoms with van der Waals surface area (Å²) in [5.74, 6) is -1.14. The van der Waals surface area contributed by atoms with Gasteiger partial charge >= 0.3 is 12.1 Å². The van der Waals surface area contributed by atoms with Crippen molar-refractivity contribution in [3.8, 4) is 0 Å². The maximum atomic E-state index is 12.6. The van der Waals surface area contributed by atoms with E-state index in [0.29, 0.717) is 5.69 Å². The van der Waals surface area contributed by atoms with Gasteiger partial charge in [-0.05, 0) is 11.1 Å². The summed E-state index contributed by atoms with van der Waals surface area (Å²) >= 11 is 0. The SMILES string of the molecule is O=C(CNC(=O)[C@H](Cc1cnc[nH]1)NC(=O)OCc1ccccc1)OCc1ccccc1. The number of nitrogens with one attached hydrogen (secondary N) is 3. The van der Waals surface area contributed by atoms with E-state index in [1.54, 1.807) is 6.20 Å². The molecule has 0 unspecified atom stereocenters. The molecule has 0 saturated carbocycles. The molecule has 32 heavy (non-hydrogen) atoms. The summed E-state index contributed by atoms with van der Waals surface area (Å²) in [6.45, 7) is -0.153. The summed E-state index contributed by atoms with van der Waals surface area (Å²) < 4.78 is 10.3. The number of aromatic amines is 1. The molecule has 2 amide bonds. The Morgan fingerprint density at radius 3 is 2.12 bits per heavy atom. The van der Waals surface area contributed by atoms with Crippen LogP contribution >= 0.6 is 0 Å². The molecule has 3 N–H and O–H groups in total. The molecule has 0 aliphatic rings. The first kappa shape index (κ1) is 22.5. The van der Waals surface area contributed by atoms with Crippen LogP contribution in [0.1, 0.15) is 16.8 Å². The molecule has 1 atom stereocenters. The summed E-state index contributed by atoms with van der Waals surface area (Å²) in [6, 6.07) is 17.4. The monoisotopic (exact) mass is 436 g/mol. The van der Waals surface area contributed by atoms with E-state index in [0.717, 1.165) is 11.1 Å². The number of ether oxygens (including phenoxy) is 2. The van der Waals surface area contributed by atoms with Gasteiger partial charge in [0.2, 0.25) is 5.91 Å². The molecule has 0 saturated heterocycles. The second-order valence-corrected chi connectivity index (χ2v) is 6.90. The smallest absolute Gasteiger partial charge is 0.408 e. The molecule has 1 heterocycles. The Kier molecular flexibility index (Phi) is 8.38. The molecule has 3 rings (SSSR count). The number of H-pyrrole nitrogens is 1. The van der Waals surface area contributed by atoms with Crippen LogP contribution in [0.2, 0.25) is 0 Å². The van der Waals surface area contributed by atoms with Crippen molar-refractivity contribution in [1.82, 2.24) is 20.6 Å². The third kappa shape index (κ3) is 7.60. The number of rotatable bonds is 10. The van der Waals surface area contributed by atoms with Gasteiger partial charge in [-0.3, -0.25) is 9.59 Å². The molecule has 9 heteroatoms. The maximum absolute atomic E-state index is 12.6.